The average Bonchev–Trinajstić information content (AvgIpc) is 0.815. The Balaban J connectivity index is 0.000000224. The Labute approximate surface area is 894 Å². The number of hydrogen-bond acceptors (Lipinski definition) is 9. The highest BCUT2D eigenvalue weighted by Gasteiger charge is 2.09. The molecule has 756 valence electrons. The molecule has 9 heterocycles. The SMILES string of the molecule is CC.CC.CC.CC.CC.CC.CC.CC.CC.c1ccc(-c2ccc3ccccc3c2)nc1.c1ccc(-c2cccc3ccccc23)nc1.c1ccc(-c2ccccn2)cc1.c1ccc(-c2cccnc2)cc1.c1ccc(-c2ccncc2)cc1.c1ccc2c(-c3ccncc3)cccc2c1.c1ccc2cc(-c3ccncc3)ccc2c1.c1cncc(-c2ccc3ccccc3c2)c1.c1cncc(-c2cccc3ccccc23)c1. The second kappa shape index (κ2) is 73.3. The summed E-state index contributed by atoms with van der Waals surface area (Å²) in [6.07, 6.45) is 27.4. The maximum Gasteiger partial charge on any atom is 0.0708 e. The molecule has 24 rings (SSSR count). The van der Waals surface area contributed by atoms with E-state index in [4.69, 9.17) is 0 Å². The Morgan fingerprint density at radius 1 is 0.113 bits per heavy atom. The number of benzene rings is 15. The second-order valence-corrected chi connectivity index (χ2v) is 30.4. The van der Waals surface area contributed by atoms with Gasteiger partial charge in [-0.2, -0.15) is 0 Å². The van der Waals surface area contributed by atoms with Gasteiger partial charge in [0.25, 0.3) is 0 Å². The summed E-state index contributed by atoms with van der Waals surface area (Å²) in [7, 11) is 0. The van der Waals surface area contributed by atoms with E-state index in [0.717, 1.165) is 33.8 Å². The van der Waals surface area contributed by atoms with E-state index >= 15 is 0 Å². The lowest BCUT2D eigenvalue weighted by molar-refractivity contribution is 1.33. The molecule has 0 saturated heterocycles. The standard InChI is InChI=1S/6C15H11N.3C11H9N.9C2H6/c1-2-8-14-12(5-1)6-3-9-15(14)13-7-4-10-16-11-13;1-2-8-13-12(6-1)7-5-9-14(13)15-10-3-4-11-16-15;1-2-6-13-11-14(9-8-12(13)5-1)15-7-3-4-10-16-15;1-2-6-14-12(4-1)5-3-7-15(14)13-8-10-16-11-9-13;1-2-5-13-10-14(8-7-12(13)4-1)15-6-3-9-16-11-15;1-2-4-14-11-15(6-5-12(14)3-1)13-7-9-16-10-8-13;1-2-6-10(7-3-1)11-8-4-5-9-12-11;1-2-5-10(6-3-1)11-7-4-8-12-9-11;1-2-4-10(5-3-1)11-6-8-12-9-7-11;9*1-2/h6*1-11H;3*1-9H;9*1-2H3. The van der Waals surface area contributed by atoms with Crippen molar-refractivity contribution in [3.05, 3.63) is 566 Å². The largest absolute Gasteiger partial charge is 0.265 e. The summed E-state index contributed by atoms with van der Waals surface area (Å²) in [6.45, 7) is 36.0. The van der Waals surface area contributed by atoms with Crippen molar-refractivity contribution in [3.63, 3.8) is 0 Å². The van der Waals surface area contributed by atoms with E-state index < -0.39 is 0 Å². The first-order valence-electron chi connectivity index (χ1n) is 52.8. The molecule has 0 saturated carbocycles. The van der Waals surface area contributed by atoms with Gasteiger partial charge in [0.05, 0.1) is 17.1 Å². The van der Waals surface area contributed by atoms with E-state index in [1.165, 1.54) is 131 Å². The lowest BCUT2D eigenvalue weighted by Gasteiger charge is -2.05. The third kappa shape index (κ3) is 38.6. The van der Waals surface area contributed by atoms with Gasteiger partial charge in [0.1, 0.15) is 0 Å². The van der Waals surface area contributed by atoms with Crippen molar-refractivity contribution in [2.24, 2.45) is 0 Å². The zero-order valence-corrected chi connectivity index (χ0v) is 90.7. The fourth-order valence-electron chi connectivity index (χ4n) is 15.2. The molecule has 0 amide bonds. The molecule has 0 aliphatic carbocycles. The van der Waals surface area contributed by atoms with Gasteiger partial charge in [0.2, 0.25) is 0 Å². The Kier molecular flexibility index (Phi) is 58.2. The number of fused-ring (bicyclic) bond motifs is 6. The average molecular weight is 1970 g/mol. The van der Waals surface area contributed by atoms with Crippen LogP contribution in [-0.2, 0) is 0 Å². The van der Waals surface area contributed by atoms with Crippen molar-refractivity contribution in [1.29, 1.82) is 0 Å². The molecule has 24 aromatic rings. The van der Waals surface area contributed by atoms with Gasteiger partial charge in [-0.3, -0.25) is 44.9 Å². The minimum absolute atomic E-state index is 1.02. The highest BCUT2D eigenvalue weighted by atomic mass is 14.7. The molecular formula is C141H147N9. The van der Waals surface area contributed by atoms with Gasteiger partial charge in [-0.25, -0.2) is 0 Å². The Morgan fingerprint density at radius 3 is 0.713 bits per heavy atom. The number of nitrogens with zero attached hydrogens (tertiary/aromatic N) is 9. The van der Waals surface area contributed by atoms with Gasteiger partial charge in [0, 0.05) is 121 Å². The molecular weight excluding hydrogens is 1820 g/mol. The fourth-order valence-corrected chi connectivity index (χ4v) is 15.2. The molecule has 9 nitrogen and oxygen atoms in total. The van der Waals surface area contributed by atoms with E-state index in [1.807, 2.05) is 363 Å². The van der Waals surface area contributed by atoms with Crippen LogP contribution in [0.1, 0.15) is 125 Å². The topological polar surface area (TPSA) is 116 Å². The van der Waals surface area contributed by atoms with Gasteiger partial charge in [-0.1, -0.05) is 489 Å². The van der Waals surface area contributed by atoms with Crippen LogP contribution in [0.15, 0.2) is 566 Å². The van der Waals surface area contributed by atoms with Crippen molar-refractivity contribution in [3.8, 4) is 101 Å². The quantitative estimate of drug-likeness (QED) is 0.139. The first-order valence-corrected chi connectivity index (χ1v) is 52.8. The van der Waals surface area contributed by atoms with Crippen molar-refractivity contribution in [2.45, 2.75) is 125 Å². The summed E-state index contributed by atoms with van der Waals surface area (Å²) < 4.78 is 0. The second-order valence-electron chi connectivity index (χ2n) is 30.4. The zero-order valence-electron chi connectivity index (χ0n) is 90.7. The molecule has 9 heteroatoms. The maximum atomic E-state index is 4.40. The molecule has 0 aliphatic heterocycles. The molecule has 0 aliphatic rings. The molecule has 0 N–H and O–H groups in total. The number of aromatic nitrogens is 9. The fraction of sp³-hybridized carbons (Fsp3) is 0.128. The molecule has 9 aromatic heterocycles. The molecule has 0 fully saturated rings. The van der Waals surface area contributed by atoms with Gasteiger partial charge in [-0.15, -0.1) is 0 Å². The molecule has 0 spiro atoms. The van der Waals surface area contributed by atoms with Gasteiger partial charge >= 0.3 is 0 Å². The minimum atomic E-state index is 1.02. The molecule has 0 radical (unpaired) electrons. The van der Waals surface area contributed by atoms with Crippen LogP contribution >= 0.6 is 0 Å². The Morgan fingerprint density at radius 2 is 0.353 bits per heavy atom. The number of pyridine rings is 9. The summed E-state index contributed by atoms with van der Waals surface area (Å²) in [5.74, 6) is 0. The van der Waals surface area contributed by atoms with Crippen LogP contribution < -0.4 is 0 Å². The lowest BCUT2D eigenvalue weighted by atomic mass is 9.99. The van der Waals surface area contributed by atoms with Gasteiger partial charge < -0.3 is 0 Å². The molecule has 0 bridgehead atoms. The highest BCUT2D eigenvalue weighted by molar-refractivity contribution is 5.99. The Bertz CT molecular complexity index is 6710. The minimum Gasteiger partial charge on any atom is -0.265 e. The maximum absolute atomic E-state index is 4.40. The zero-order chi connectivity index (χ0) is 107. The first-order chi connectivity index (χ1) is 74.5. The number of rotatable bonds is 9. The molecule has 150 heavy (non-hydrogen) atoms. The van der Waals surface area contributed by atoms with E-state index in [-0.39, 0.29) is 0 Å². The predicted molar refractivity (Wildman–Crippen MR) is 654 cm³/mol. The summed E-state index contributed by atoms with van der Waals surface area (Å²) in [6, 6.07) is 162. The summed E-state index contributed by atoms with van der Waals surface area (Å²) >= 11 is 0. The summed E-state index contributed by atoms with van der Waals surface area (Å²) in [5, 5.41) is 15.2. The Hall–Kier alpha value is -17.8. The van der Waals surface area contributed by atoms with Crippen LogP contribution in [0.2, 0.25) is 0 Å². The monoisotopic (exact) mass is 1970 g/mol. The van der Waals surface area contributed by atoms with Gasteiger partial charge in [0.15, 0.2) is 0 Å². The van der Waals surface area contributed by atoms with Gasteiger partial charge in [-0.05, 0) is 229 Å². The van der Waals surface area contributed by atoms with Crippen LogP contribution in [0, 0.1) is 0 Å². The van der Waals surface area contributed by atoms with E-state index in [1.54, 1.807) is 18.6 Å². The van der Waals surface area contributed by atoms with Crippen molar-refractivity contribution >= 4 is 64.6 Å². The van der Waals surface area contributed by atoms with E-state index in [0.29, 0.717) is 0 Å². The molecule has 0 unspecified atom stereocenters. The predicted octanol–water partition coefficient (Wildman–Crippen LogP) is 40.9. The molecule has 15 aromatic carbocycles. The lowest BCUT2D eigenvalue weighted by Crippen LogP contribution is -1.83. The summed E-state index contributed by atoms with van der Waals surface area (Å²) in [5.41, 5.74) is 21.1. The highest BCUT2D eigenvalue weighted by Crippen LogP contribution is 2.33. The van der Waals surface area contributed by atoms with Crippen LogP contribution in [0.3, 0.4) is 0 Å². The van der Waals surface area contributed by atoms with E-state index in [2.05, 4.69) is 354 Å². The van der Waals surface area contributed by atoms with Crippen LogP contribution in [0.25, 0.3) is 165 Å². The van der Waals surface area contributed by atoms with Crippen molar-refractivity contribution in [1.82, 2.24) is 44.9 Å². The van der Waals surface area contributed by atoms with Crippen molar-refractivity contribution < 1.29 is 0 Å². The first kappa shape index (κ1) is 119. The summed E-state index contributed by atoms with van der Waals surface area (Å²) in [4.78, 5) is 37.4. The van der Waals surface area contributed by atoms with E-state index in [9.17, 15) is 0 Å². The van der Waals surface area contributed by atoms with Crippen LogP contribution in [0.5, 0.6) is 0 Å². The van der Waals surface area contributed by atoms with Crippen molar-refractivity contribution in [2.75, 3.05) is 0 Å². The third-order valence-corrected chi connectivity index (χ3v) is 21.8. The number of hydrogen-bond donors (Lipinski definition) is 0. The van der Waals surface area contributed by atoms with Crippen LogP contribution in [0.4, 0.5) is 0 Å². The third-order valence-electron chi connectivity index (χ3n) is 21.8. The van der Waals surface area contributed by atoms with Crippen LogP contribution in [-0.4, -0.2) is 44.9 Å². The molecule has 0 atom stereocenters. The smallest absolute Gasteiger partial charge is 0.0708 e. The normalized spacial score (nSPS) is 9.40.